The fourth-order valence-electron chi connectivity index (χ4n) is 4.39. The number of ether oxygens (including phenoxy) is 1. The summed E-state index contributed by atoms with van der Waals surface area (Å²) in [5.74, 6) is 0.314. The molecule has 0 saturated carbocycles. The molecule has 1 fully saturated rings. The van der Waals surface area contributed by atoms with E-state index >= 15 is 0 Å². The summed E-state index contributed by atoms with van der Waals surface area (Å²) < 4.78 is 19.1. The highest BCUT2D eigenvalue weighted by Crippen LogP contribution is 2.35. The number of carbonyl (C=O) groups is 1. The summed E-state index contributed by atoms with van der Waals surface area (Å²) >= 11 is 0. The highest BCUT2D eigenvalue weighted by atomic mass is 19.1. The van der Waals surface area contributed by atoms with Gasteiger partial charge in [-0.25, -0.2) is 4.39 Å². The summed E-state index contributed by atoms with van der Waals surface area (Å²) in [5.41, 5.74) is 3.75. The Hall–Kier alpha value is -3.38. The van der Waals surface area contributed by atoms with Crippen molar-refractivity contribution in [3.63, 3.8) is 0 Å². The van der Waals surface area contributed by atoms with Crippen molar-refractivity contribution < 1.29 is 13.9 Å². The first-order valence-corrected chi connectivity index (χ1v) is 11.1. The van der Waals surface area contributed by atoms with E-state index in [2.05, 4.69) is 34.1 Å². The number of anilines is 1. The molecule has 1 aliphatic heterocycles. The molecule has 0 aliphatic carbocycles. The van der Waals surface area contributed by atoms with Crippen LogP contribution in [0.25, 0.3) is 0 Å². The Labute approximate surface area is 195 Å². The number of amides is 1. The Morgan fingerprint density at radius 2 is 1.76 bits per heavy atom. The fourth-order valence-corrected chi connectivity index (χ4v) is 4.39. The maximum atomic E-state index is 13.7. The number of hydrogen-bond acceptors (Lipinski definition) is 4. The van der Waals surface area contributed by atoms with Crippen molar-refractivity contribution in [3.05, 3.63) is 95.3 Å². The van der Waals surface area contributed by atoms with Crippen LogP contribution in [0.5, 0.6) is 5.75 Å². The van der Waals surface area contributed by atoms with Gasteiger partial charge in [0.2, 0.25) is 0 Å². The molecule has 0 aromatic heterocycles. The van der Waals surface area contributed by atoms with E-state index in [9.17, 15) is 9.18 Å². The summed E-state index contributed by atoms with van der Waals surface area (Å²) in [7, 11) is 5.10. The molecule has 0 bridgehead atoms. The Morgan fingerprint density at radius 1 is 1.03 bits per heavy atom. The van der Waals surface area contributed by atoms with Gasteiger partial charge in [-0.2, -0.15) is 0 Å². The average Bonchev–Trinajstić information content (AvgIpc) is 2.84. The molecule has 0 N–H and O–H groups in total. The zero-order valence-corrected chi connectivity index (χ0v) is 19.4. The van der Waals surface area contributed by atoms with Gasteiger partial charge < -0.3 is 14.5 Å². The van der Waals surface area contributed by atoms with Gasteiger partial charge >= 0.3 is 0 Å². The first kappa shape index (κ1) is 22.8. The molecule has 1 atom stereocenters. The van der Waals surface area contributed by atoms with Crippen LogP contribution in [0.3, 0.4) is 0 Å². The van der Waals surface area contributed by atoms with Crippen molar-refractivity contribution in [2.24, 2.45) is 0 Å². The third-order valence-electron chi connectivity index (χ3n) is 6.12. The third-order valence-corrected chi connectivity index (χ3v) is 6.12. The lowest BCUT2D eigenvalue weighted by molar-refractivity contribution is 0.0827. The molecule has 3 aromatic rings. The van der Waals surface area contributed by atoms with Crippen molar-refractivity contribution in [3.8, 4) is 5.75 Å². The van der Waals surface area contributed by atoms with Gasteiger partial charge in [0.1, 0.15) is 11.6 Å². The number of benzene rings is 3. The molecule has 172 valence electrons. The minimum absolute atomic E-state index is 0.0230. The van der Waals surface area contributed by atoms with Gasteiger partial charge in [-0.1, -0.05) is 42.5 Å². The van der Waals surface area contributed by atoms with Crippen LogP contribution in [0.2, 0.25) is 0 Å². The molecular weight excluding hydrogens is 417 g/mol. The van der Waals surface area contributed by atoms with Gasteiger partial charge in [-0.05, 0) is 41.5 Å². The molecule has 1 aliphatic rings. The lowest BCUT2D eigenvalue weighted by Crippen LogP contribution is -2.48. The zero-order valence-electron chi connectivity index (χ0n) is 19.4. The molecule has 4 rings (SSSR count). The molecule has 0 spiro atoms. The summed E-state index contributed by atoms with van der Waals surface area (Å²) in [6, 6.07) is 22.7. The van der Waals surface area contributed by atoms with Crippen molar-refractivity contribution in [2.45, 2.75) is 12.6 Å². The van der Waals surface area contributed by atoms with Gasteiger partial charge in [-0.15, -0.1) is 0 Å². The summed E-state index contributed by atoms with van der Waals surface area (Å²) in [4.78, 5) is 19.3. The van der Waals surface area contributed by atoms with Crippen LogP contribution < -0.4 is 9.64 Å². The molecule has 5 nitrogen and oxygen atoms in total. The molecule has 0 radical (unpaired) electrons. The van der Waals surface area contributed by atoms with E-state index < -0.39 is 0 Å². The normalized spacial score (nSPS) is 16.5. The second-order valence-corrected chi connectivity index (χ2v) is 8.56. The summed E-state index contributed by atoms with van der Waals surface area (Å²) in [6.07, 6.45) is 0. The van der Waals surface area contributed by atoms with Crippen LogP contribution >= 0.6 is 0 Å². The topological polar surface area (TPSA) is 36.0 Å². The quantitative estimate of drug-likeness (QED) is 0.553. The van der Waals surface area contributed by atoms with Gasteiger partial charge in [-0.3, -0.25) is 9.69 Å². The largest absolute Gasteiger partial charge is 0.497 e. The van der Waals surface area contributed by atoms with Crippen LogP contribution in [-0.4, -0.2) is 56.5 Å². The number of methoxy groups -OCH3 is 1. The van der Waals surface area contributed by atoms with Gasteiger partial charge in [0.25, 0.3) is 5.91 Å². The molecular formula is C27H30FN3O2. The lowest BCUT2D eigenvalue weighted by Gasteiger charge is -2.44. The molecule has 33 heavy (non-hydrogen) atoms. The number of hydrogen-bond donors (Lipinski definition) is 0. The SMILES string of the molecule is COc1ccc(N2CCN(Cc3ccccc3)C[C@H]2c2ccc(F)cc2)c(C(=O)N(C)C)c1. The van der Waals surface area contributed by atoms with Crippen molar-refractivity contribution in [1.29, 1.82) is 0 Å². The zero-order chi connectivity index (χ0) is 23.4. The van der Waals surface area contributed by atoms with Crippen LogP contribution in [0.1, 0.15) is 27.5 Å². The first-order chi connectivity index (χ1) is 16.0. The Bertz CT molecular complexity index is 1090. The average molecular weight is 448 g/mol. The van der Waals surface area contributed by atoms with Crippen LogP contribution in [-0.2, 0) is 6.54 Å². The summed E-state index contributed by atoms with van der Waals surface area (Å²) in [6.45, 7) is 3.21. The molecule has 3 aromatic carbocycles. The van der Waals surface area contributed by atoms with E-state index in [1.165, 1.54) is 17.7 Å². The number of rotatable bonds is 6. The van der Waals surface area contributed by atoms with E-state index in [0.717, 1.165) is 37.4 Å². The van der Waals surface area contributed by atoms with Gasteiger partial charge in [0, 0.05) is 40.3 Å². The first-order valence-electron chi connectivity index (χ1n) is 11.1. The number of halogens is 1. The lowest BCUT2D eigenvalue weighted by atomic mass is 9.99. The second-order valence-electron chi connectivity index (χ2n) is 8.56. The predicted octanol–water partition coefficient (Wildman–Crippen LogP) is 4.60. The Balaban J connectivity index is 1.71. The molecule has 1 amide bonds. The third kappa shape index (κ3) is 5.17. The van der Waals surface area contributed by atoms with Crippen LogP contribution in [0.15, 0.2) is 72.8 Å². The van der Waals surface area contributed by atoms with Gasteiger partial charge in [0.05, 0.1) is 24.4 Å². The maximum absolute atomic E-state index is 13.7. The predicted molar refractivity (Wildman–Crippen MR) is 129 cm³/mol. The van der Waals surface area contributed by atoms with Crippen LogP contribution in [0.4, 0.5) is 10.1 Å². The monoisotopic (exact) mass is 447 g/mol. The van der Waals surface area contributed by atoms with Gasteiger partial charge in [0.15, 0.2) is 0 Å². The number of piperazine rings is 1. The highest BCUT2D eigenvalue weighted by Gasteiger charge is 2.31. The second kappa shape index (κ2) is 10.0. The smallest absolute Gasteiger partial charge is 0.255 e. The van der Waals surface area contributed by atoms with Crippen molar-refractivity contribution >= 4 is 11.6 Å². The Kier molecular flexibility index (Phi) is 6.94. The fraction of sp³-hybridized carbons (Fsp3) is 0.296. The molecule has 1 heterocycles. The molecule has 6 heteroatoms. The number of nitrogens with zero attached hydrogens (tertiary/aromatic N) is 3. The van der Waals surface area contributed by atoms with E-state index in [0.29, 0.717) is 11.3 Å². The van der Waals surface area contributed by atoms with E-state index in [1.807, 2.05) is 30.3 Å². The van der Waals surface area contributed by atoms with E-state index in [-0.39, 0.29) is 17.8 Å². The van der Waals surface area contributed by atoms with E-state index in [1.54, 1.807) is 32.2 Å². The summed E-state index contributed by atoms with van der Waals surface area (Å²) in [5, 5.41) is 0. The Morgan fingerprint density at radius 3 is 2.42 bits per heavy atom. The van der Waals surface area contributed by atoms with E-state index in [4.69, 9.17) is 4.74 Å². The van der Waals surface area contributed by atoms with Crippen molar-refractivity contribution in [2.75, 3.05) is 45.7 Å². The minimum Gasteiger partial charge on any atom is -0.497 e. The highest BCUT2D eigenvalue weighted by molar-refractivity contribution is 6.00. The minimum atomic E-state index is -0.254. The number of carbonyl (C=O) groups excluding carboxylic acids is 1. The molecule has 1 saturated heterocycles. The standard InChI is InChI=1S/C27H30FN3O2/c1-29(2)27(32)24-17-23(33-3)13-14-25(24)31-16-15-30(18-20-7-5-4-6-8-20)19-26(31)21-9-11-22(28)12-10-21/h4-14,17,26H,15-16,18-19H2,1-3H3/t26-/m0/s1. The van der Waals surface area contributed by atoms with Crippen molar-refractivity contribution in [1.82, 2.24) is 9.80 Å². The molecule has 0 unspecified atom stereocenters. The van der Waals surface area contributed by atoms with Crippen LogP contribution in [0, 0.1) is 5.82 Å². The maximum Gasteiger partial charge on any atom is 0.255 e.